The van der Waals surface area contributed by atoms with Gasteiger partial charge in [-0.05, 0) is 59.9 Å². The van der Waals surface area contributed by atoms with E-state index in [1.165, 1.54) is 11.1 Å². The summed E-state index contributed by atoms with van der Waals surface area (Å²) in [6.45, 7) is 2.62. The van der Waals surface area contributed by atoms with E-state index in [0.717, 1.165) is 51.4 Å². The van der Waals surface area contributed by atoms with Gasteiger partial charge in [0.25, 0.3) is 0 Å². The van der Waals surface area contributed by atoms with Crippen molar-refractivity contribution in [1.82, 2.24) is 4.98 Å². The summed E-state index contributed by atoms with van der Waals surface area (Å²) in [6.07, 6.45) is 2.10. The summed E-state index contributed by atoms with van der Waals surface area (Å²) < 4.78 is 6.09. The molecule has 0 spiro atoms. The Bertz CT molecular complexity index is 1480. The van der Waals surface area contributed by atoms with Gasteiger partial charge in [0.2, 0.25) is 0 Å². The van der Waals surface area contributed by atoms with Crippen molar-refractivity contribution in [3.05, 3.63) is 113 Å². The van der Waals surface area contributed by atoms with Crippen molar-refractivity contribution in [2.24, 2.45) is 0 Å². The zero-order valence-electron chi connectivity index (χ0n) is 19.2. The fraction of sp³-hybridized carbons (Fsp3) is 0.167. The van der Waals surface area contributed by atoms with Gasteiger partial charge in [-0.3, -0.25) is 0 Å². The van der Waals surface area contributed by atoms with Crippen LogP contribution in [0.4, 0.5) is 0 Å². The molecule has 0 aliphatic heterocycles. The van der Waals surface area contributed by atoms with Crippen molar-refractivity contribution >= 4 is 27.6 Å². The Morgan fingerprint density at radius 3 is 2.41 bits per heavy atom. The van der Waals surface area contributed by atoms with E-state index in [0.29, 0.717) is 13.0 Å². The number of aromatic amines is 1. The van der Waals surface area contributed by atoms with E-state index in [2.05, 4.69) is 48.3 Å². The summed E-state index contributed by atoms with van der Waals surface area (Å²) in [7, 11) is 0. The first kappa shape index (κ1) is 21.8. The average Bonchev–Trinajstić information content (AvgIpc) is 3.23. The van der Waals surface area contributed by atoms with Crippen LogP contribution in [0.3, 0.4) is 0 Å². The van der Waals surface area contributed by atoms with E-state index in [1.807, 2.05) is 48.5 Å². The third-order valence-corrected chi connectivity index (χ3v) is 6.46. The molecule has 1 heterocycles. The summed E-state index contributed by atoms with van der Waals surface area (Å²) >= 11 is 0. The lowest BCUT2D eigenvalue weighted by atomic mass is 9.97. The normalized spacial score (nSPS) is 11.2. The van der Waals surface area contributed by atoms with Crippen LogP contribution in [0.25, 0.3) is 21.7 Å². The molecule has 0 fully saturated rings. The van der Waals surface area contributed by atoms with Crippen LogP contribution in [0.15, 0.2) is 84.9 Å². The zero-order chi connectivity index (χ0) is 23.5. The van der Waals surface area contributed by atoms with Gasteiger partial charge in [0, 0.05) is 16.3 Å². The number of para-hydroxylation sites is 1. The Morgan fingerprint density at radius 1 is 0.853 bits per heavy atom. The molecule has 4 heteroatoms. The number of carbonyl (C=O) groups is 1. The molecule has 5 rings (SSSR count). The summed E-state index contributed by atoms with van der Waals surface area (Å²) in [6, 6.07) is 28.6. The van der Waals surface area contributed by atoms with Gasteiger partial charge in [0.15, 0.2) is 0 Å². The third kappa shape index (κ3) is 4.27. The van der Waals surface area contributed by atoms with Crippen LogP contribution in [0.1, 0.15) is 39.2 Å². The van der Waals surface area contributed by atoms with Crippen molar-refractivity contribution in [3.8, 4) is 5.75 Å². The summed E-state index contributed by atoms with van der Waals surface area (Å²) in [5, 5.41) is 13.1. The molecular weight excluding hydrogens is 422 g/mol. The number of rotatable bonds is 8. The molecule has 4 aromatic carbocycles. The molecule has 0 radical (unpaired) electrons. The van der Waals surface area contributed by atoms with E-state index < -0.39 is 5.97 Å². The molecule has 34 heavy (non-hydrogen) atoms. The minimum Gasteiger partial charge on any atom is -0.493 e. The lowest BCUT2D eigenvalue weighted by molar-refractivity contribution is 0.0690. The second kappa shape index (κ2) is 9.44. The highest BCUT2D eigenvalue weighted by atomic mass is 16.5. The van der Waals surface area contributed by atoms with Crippen LogP contribution in [0.2, 0.25) is 0 Å². The van der Waals surface area contributed by atoms with Gasteiger partial charge < -0.3 is 14.8 Å². The maximum atomic E-state index is 12.1. The van der Waals surface area contributed by atoms with Gasteiger partial charge in [0.05, 0.1) is 6.61 Å². The Labute approximate surface area is 198 Å². The predicted octanol–water partition coefficient (Wildman–Crippen LogP) is 6.93. The molecule has 2 N–H and O–H groups in total. The van der Waals surface area contributed by atoms with Crippen molar-refractivity contribution < 1.29 is 14.6 Å². The molecule has 4 nitrogen and oxygen atoms in total. The first-order valence-corrected chi connectivity index (χ1v) is 11.6. The first-order valence-electron chi connectivity index (χ1n) is 11.6. The highest BCUT2D eigenvalue weighted by Gasteiger charge is 2.19. The van der Waals surface area contributed by atoms with Gasteiger partial charge >= 0.3 is 5.97 Å². The minimum atomic E-state index is -0.928. The quantitative estimate of drug-likeness (QED) is 0.253. The smallest absolute Gasteiger partial charge is 0.352 e. The number of H-pyrrole nitrogens is 1. The monoisotopic (exact) mass is 449 g/mol. The Kier molecular flexibility index (Phi) is 6.05. The number of benzene rings is 4. The lowest BCUT2D eigenvalue weighted by Gasteiger charge is -2.10. The zero-order valence-corrected chi connectivity index (χ0v) is 19.2. The fourth-order valence-electron chi connectivity index (χ4n) is 4.69. The van der Waals surface area contributed by atoms with E-state index in [-0.39, 0.29) is 5.69 Å². The number of hydrogen-bond acceptors (Lipinski definition) is 2. The number of aromatic carboxylic acids is 1. The molecule has 0 saturated heterocycles. The molecule has 0 saturated carbocycles. The van der Waals surface area contributed by atoms with Crippen molar-refractivity contribution in [2.75, 3.05) is 6.61 Å². The molecule has 0 unspecified atom stereocenters. The number of aromatic nitrogens is 1. The molecule has 1 aromatic heterocycles. The van der Waals surface area contributed by atoms with Gasteiger partial charge in [-0.1, -0.05) is 78.9 Å². The van der Waals surface area contributed by atoms with E-state index in [4.69, 9.17) is 4.74 Å². The second-order valence-corrected chi connectivity index (χ2v) is 8.66. The Balaban J connectivity index is 1.37. The van der Waals surface area contributed by atoms with Crippen LogP contribution in [0, 0.1) is 6.92 Å². The van der Waals surface area contributed by atoms with Crippen molar-refractivity contribution in [1.29, 1.82) is 0 Å². The van der Waals surface area contributed by atoms with Gasteiger partial charge in [-0.25, -0.2) is 4.79 Å². The van der Waals surface area contributed by atoms with E-state index in [1.54, 1.807) is 0 Å². The van der Waals surface area contributed by atoms with Crippen molar-refractivity contribution in [3.63, 3.8) is 0 Å². The third-order valence-electron chi connectivity index (χ3n) is 6.46. The van der Waals surface area contributed by atoms with E-state index >= 15 is 0 Å². The van der Waals surface area contributed by atoms with Gasteiger partial charge in [-0.2, -0.15) is 0 Å². The molecule has 0 aliphatic rings. The number of hydrogen-bond donors (Lipinski definition) is 2. The van der Waals surface area contributed by atoms with Crippen LogP contribution < -0.4 is 4.74 Å². The number of nitrogens with one attached hydrogen (secondary N) is 1. The molecule has 5 aromatic rings. The van der Waals surface area contributed by atoms with Gasteiger partial charge in [0.1, 0.15) is 11.4 Å². The molecule has 0 aliphatic carbocycles. The Hall–Kier alpha value is -4.05. The van der Waals surface area contributed by atoms with Crippen LogP contribution in [0.5, 0.6) is 5.75 Å². The standard InChI is InChI=1S/C30H27NO3/c1-20-9-2-3-11-22(20)19-23-13-6-15-25-26(29(30(32)33)31-28(23)25)16-8-18-34-27-17-7-12-21-10-4-5-14-24(21)27/h2-7,9-15,17,31H,8,16,18-19H2,1H3,(H,32,33). The number of carboxylic acid groups (broad SMARTS) is 1. The highest BCUT2D eigenvalue weighted by Crippen LogP contribution is 2.29. The van der Waals surface area contributed by atoms with Crippen molar-refractivity contribution in [2.45, 2.75) is 26.2 Å². The largest absolute Gasteiger partial charge is 0.493 e. The maximum Gasteiger partial charge on any atom is 0.352 e. The predicted molar refractivity (Wildman–Crippen MR) is 137 cm³/mol. The summed E-state index contributed by atoms with van der Waals surface area (Å²) in [4.78, 5) is 15.3. The first-order chi connectivity index (χ1) is 16.6. The maximum absolute atomic E-state index is 12.1. The molecule has 0 bridgehead atoms. The minimum absolute atomic E-state index is 0.275. The van der Waals surface area contributed by atoms with Crippen LogP contribution in [-0.4, -0.2) is 22.7 Å². The van der Waals surface area contributed by atoms with Gasteiger partial charge in [-0.15, -0.1) is 0 Å². The average molecular weight is 450 g/mol. The number of ether oxygens (including phenoxy) is 1. The fourth-order valence-corrected chi connectivity index (χ4v) is 4.69. The summed E-state index contributed by atoms with van der Waals surface area (Å²) in [5.74, 6) is -0.0704. The molecule has 0 amide bonds. The van der Waals surface area contributed by atoms with E-state index in [9.17, 15) is 9.90 Å². The molecule has 170 valence electrons. The molecule has 0 atom stereocenters. The summed E-state index contributed by atoms with van der Waals surface area (Å²) in [5.41, 5.74) is 5.61. The lowest BCUT2D eigenvalue weighted by Crippen LogP contribution is -2.04. The number of aryl methyl sites for hydroxylation is 2. The van der Waals surface area contributed by atoms with Crippen LogP contribution in [-0.2, 0) is 12.8 Å². The molecular formula is C30H27NO3. The highest BCUT2D eigenvalue weighted by molar-refractivity contribution is 5.98. The SMILES string of the molecule is Cc1ccccc1Cc1cccc2c(CCCOc3cccc4ccccc34)c(C(=O)O)[nH]c12. The van der Waals surface area contributed by atoms with Crippen LogP contribution >= 0.6 is 0 Å². The Morgan fingerprint density at radius 2 is 1.56 bits per heavy atom. The number of carboxylic acids is 1. The number of fused-ring (bicyclic) bond motifs is 2. The topological polar surface area (TPSA) is 62.3 Å². The second-order valence-electron chi connectivity index (χ2n) is 8.66.